The van der Waals surface area contributed by atoms with Crippen molar-refractivity contribution >= 4 is 35.4 Å². The van der Waals surface area contributed by atoms with Crippen LogP contribution < -0.4 is 10.2 Å². The van der Waals surface area contributed by atoms with Crippen LogP contribution in [0, 0.1) is 4.77 Å². The van der Waals surface area contributed by atoms with Crippen molar-refractivity contribution < 1.29 is 4.74 Å². The summed E-state index contributed by atoms with van der Waals surface area (Å²) in [6.45, 7) is 0.849. The lowest BCUT2D eigenvalue weighted by atomic mass is 10.2. The molecule has 0 spiro atoms. The van der Waals surface area contributed by atoms with Crippen molar-refractivity contribution in [2.24, 2.45) is 0 Å². The average molecular weight is 458 g/mol. The highest BCUT2D eigenvalue weighted by Crippen LogP contribution is 2.25. The first kappa shape index (κ1) is 20.4. The second-order valence-corrected chi connectivity index (χ2v) is 7.69. The van der Waals surface area contributed by atoms with Gasteiger partial charge in [-0.15, -0.1) is 0 Å². The Morgan fingerprint density at radius 3 is 2.50 bits per heavy atom. The number of halogens is 2. The van der Waals surface area contributed by atoms with Crippen molar-refractivity contribution in [1.29, 1.82) is 0 Å². The van der Waals surface area contributed by atoms with Crippen LogP contribution in [-0.4, -0.2) is 19.9 Å². The SMILES string of the molecule is S=c1[nH]nc(-c2ccncc2)n1NCc1cc(Cl)ccc1OCc1ccc(Cl)cc1. The smallest absolute Gasteiger partial charge is 0.214 e. The summed E-state index contributed by atoms with van der Waals surface area (Å²) in [6.07, 6.45) is 3.41. The number of H-pyrrole nitrogens is 1. The monoisotopic (exact) mass is 457 g/mol. The van der Waals surface area contributed by atoms with Crippen molar-refractivity contribution in [1.82, 2.24) is 19.9 Å². The normalized spacial score (nSPS) is 10.7. The molecule has 2 aromatic carbocycles. The molecule has 4 aromatic rings. The summed E-state index contributed by atoms with van der Waals surface area (Å²) >= 11 is 17.5. The van der Waals surface area contributed by atoms with Gasteiger partial charge in [0.1, 0.15) is 12.4 Å². The van der Waals surface area contributed by atoms with E-state index in [4.69, 9.17) is 40.2 Å². The molecule has 9 heteroatoms. The zero-order valence-electron chi connectivity index (χ0n) is 15.7. The van der Waals surface area contributed by atoms with Gasteiger partial charge in [0, 0.05) is 33.6 Å². The molecule has 0 fully saturated rings. The molecule has 152 valence electrons. The van der Waals surface area contributed by atoms with Gasteiger partial charge in [0.05, 0.1) is 6.54 Å². The summed E-state index contributed by atoms with van der Waals surface area (Å²) in [5, 5.41) is 8.44. The molecule has 0 saturated carbocycles. The maximum atomic E-state index is 6.22. The minimum absolute atomic E-state index is 0.416. The molecule has 0 aliphatic carbocycles. The Morgan fingerprint density at radius 2 is 1.73 bits per heavy atom. The first-order valence-corrected chi connectivity index (χ1v) is 10.2. The van der Waals surface area contributed by atoms with Crippen LogP contribution in [0.5, 0.6) is 5.75 Å². The number of ether oxygens (including phenoxy) is 1. The van der Waals surface area contributed by atoms with Crippen LogP contribution in [0.2, 0.25) is 10.0 Å². The van der Waals surface area contributed by atoms with E-state index in [1.54, 1.807) is 23.1 Å². The first-order valence-electron chi connectivity index (χ1n) is 9.07. The van der Waals surface area contributed by atoms with Gasteiger partial charge in [-0.3, -0.25) is 4.98 Å². The van der Waals surface area contributed by atoms with Crippen LogP contribution >= 0.6 is 35.4 Å². The van der Waals surface area contributed by atoms with E-state index in [1.165, 1.54) is 0 Å². The molecule has 0 atom stereocenters. The highest BCUT2D eigenvalue weighted by molar-refractivity contribution is 7.71. The Balaban J connectivity index is 1.53. The van der Waals surface area contributed by atoms with Crippen molar-refractivity contribution in [2.75, 3.05) is 5.43 Å². The fourth-order valence-corrected chi connectivity index (χ4v) is 3.39. The average Bonchev–Trinajstić information content (AvgIpc) is 3.13. The highest BCUT2D eigenvalue weighted by Gasteiger charge is 2.11. The van der Waals surface area contributed by atoms with Gasteiger partial charge in [0.2, 0.25) is 4.77 Å². The molecule has 0 bridgehead atoms. The summed E-state index contributed by atoms with van der Waals surface area (Å²) in [5.41, 5.74) is 6.08. The van der Waals surface area contributed by atoms with Crippen LogP contribution in [0.1, 0.15) is 11.1 Å². The van der Waals surface area contributed by atoms with Crippen LogP contribution in [0.4, 0.5) is 0 Å². The Labute approximate surface area is 188 Å². The summed E-state index contributed by atoms with van der Waals surface area (Å²) in [5.74, 6) is 1.38. The van der Waals surface area contributed by atoms with Gasteiger partial charge >= 0.3 is 0 Å². The van der Waals surface area contributed by atoms with Gasteiger partial charge in [0.25, 0.3) is 0 Å². The Kier molecular flexibility index (Phi) is 6.32. The molecule has 0 aliphatic rings. The van der Waals surface area contributed by atoms with Crippen molar-refractivity contribution in [3.63, 3.8) is 0 Å². The number of benzene rings is 2. The third-order valence-electron chi connectivity index (χ3n) is 4.37. The van der Waals surface area contributed by atoms with E-state index in [-0.39, 0.29) is 0 Å². The lowest BCUT2D eigenvalue weighted by Gasteiger charge is -2.15. The third-order valence-corrected chi connectivity index (χ3v) is 5.13. The first-order chi connectivity index (χ1) is 14.6. The van der Waals surface area contributed by atoms with Gasteiger partial charge in [-0.1, -0.05) is 35.3 Å². The lowest BCUT2D eigenvalue weighted by Crippen LogP contribution is -2.16. The molecular weight excluding hydrogens is 441 g/mol. The molecule has 0 amide bonds. The van der Waals surface area contributed by atoms with Crippen LogP contribution in [0.25, 0.3) is 11.4 Å². The topological polar surface area (TPSA) is 67.8 Å². The van der Waals surface area contributed by atoms with E-state index < -0.39 is 0 Å². The largest absolute Gasteiger partial charge is 0.489 e. The molecular formula is C21H17Cl2N5OS. The number of rotatable bonds is 7. The molecule has 2 N–H and O–H groups in total. The second kappa shape index (κ2) is 9.30. The molecule has 0 aliphatic heterocycles. The van der Waals surface area contributed by atoms with Crippen LogP contribution in [0.3, 0.4) is 0 Å². The van der Waals surface area contributed by atoms with E-state index >= 15 is 0 Å². The highest BCUT2D eigenvalue weighted by atomic mass is 35.5. The zero-order valence-corrected chi connectivity index (χ0v) is 18.0. The van der Waals surface area contributed by atoms with Gasteiger partial charge in [-0.2, -0.15) is 5.10 Å². The molecule has 30 heavy (non-hydrogen) atoms. The standard InChI is InChI=1S/C21H17Cl2N5OS/c22-17-3-1-14(2-4-17)13-29-19-6-5-18(23)11-16(19)12-25-28-20(26-27-21(28)30)15-7-9-24-10-8-15/h1-11,25H,12-13H2,(H,27,30). The number of nitrogens with one attached hydrogen (secondary N) is 2. The van der Waals surface area contributed by atoms with Gasteiger partial charge in [0.15, 0.2) is 5.82 Å². The molecule has 2 heterocycles. The molecule has 0 saturated heterocycles. The minimum atomic E-state index is 0.416. The fourth-order valence-electron chi connectivity index (χ4n) is 2.87. The van der Waals surface area contributed by atoms with E-state index in [9.17, 15) is 0 Å². The predicted molar refractivity (Wildman–Crippen MR) is 121 cm³/mol. The Hall–Kier alpha value is -2.87. The van der Waals surface area contributed by atoms with Crippen molar-refractivity contribution in [3.8, 4) is 17.1 Å². The van der Waals surface area contributed by atoms with E-state index in [0.29, 0.717) is 33.8 Å². The third kappa shape index (κ3) is 4.81. The number of hydrogen-bond acceptors (Lipinski definition) is 5. The Morgan fingerprint density at radius 1 is 1.00 bits per heavy atom. The maximum Gasteiger partial charge on any atom is 0.214 e. The number of aromatic amines is 1. The van der Waals surface area contributed by atoms with Gasteiger partial charge in [-0.05, 0) is 60.2 Å². The van der Waals surface area contributed by atoms with Gasteiger partial charge < -0.3 is 10.2 Å². The van der Waals surface area contributed by atoms with Crippen LogP contribution in [0.15, 0.2) is 67.0 Å². The molecule has 0 unspecified atom stereocenters. The molecule has 2 aromatic heterocycles. The zero-order chi connectivity index (χ0) is 20.9. The maximum absolute atomic E-state index is 6.22. The van der Waals surface area contributed by atoms with Crippen molar-refractivity contribution in [3.05, 3.63) is 92.9 Å². The van der Waals surface area contributed by atoms with E-state index in [2.05, 4.69) is 20.6 Å². The molecule has 6 nitrogen and oxygen atoms in total. The number of aromatic nitrogens is 4. The van der Waals surface area contributed by atoms with Crippen molar-refractivity contribution in [2.45, 2.75) is 13.2 Å². The quantitative estimate of drug-likeness (QED) is 0.351. The lowest BCUT2D eigenvalue weighted by molar-refractivity contribution is 0.303. The number of pyridine rings is 1. The van der Waals surface area contributed by atoms with Gasteiger partial charge in [-0.25, -0.2) is 9.77 Å². The minimum Gasteiger partial charge on any atom is -0.489 e. The second-order valence-electron chi connectivity index (χ2n) is 6.43. The summed E-state index contributed by atoms with van der Waals surface area (Å²) in [4.78, 5) is 4.04. The molecule has 4 rings (SSSR count). The van der Waals surface area contributed by atoms with E-state index in [1.807, 2.05) is 48.5 Å². The molecule has 0 radical (unpaired) electrons. The summed E-state index contributed by atoms with van der Waals surface area (Å²) < 4.78 is 8.19. The number of nitrogens with zero attached hydrogens (tertiary/aromatic N) is 3. The van der Waals surface area contributed by atoms with E-state index in [0.717, 1.165) is 22.4 Å². The predicted octanol–water partition coefficient (Wildman–Crippen LogP) is 5.63. The summed E-state index contributed by atoms with van der Waals surface area (Å²) in [7, 11) is 0. The summed E-state index contributed by atoms with van der Waals surface area (Å²) in [6, 6.07) is 16.8. The number of hydrogen-bond donors (Lipinski definition) is 2. The van der Waals surface area contributed by atoms with Crippen LogP contribution in [-0.2, 0) is 13.2 Å². The Bertz CT molecular complexity index is 1190. The fraction of sp³-hybridized carbons (Fsp3) is 0.0952.